The second-order valence-corrected chi connectivity index (χ2v) is 5.09. The lowest BCUT2D eigenvalue weighted by Crippen LogP contribution is -2.14. The van der Waals surface area contributed by atoms with Gasteiger partial charge in [0.15, 0.2) is 0 Å². The van der Waals surface area contributed by atoms with Gasteiger partial charge in [-0.1, -0.05) is 6.07 Å². The van der Waals surface area contributed by atoms with Gasteiger partial charge >= 0.3 is 0 Å². The highest BCUT2D eigenvalue weighted by Gasteiger charge is 2.15. The summed E-state index contributed by atoms with van der Waals surface area (Å²) in [5.74, 6) is -1.77. The number of amides is 1. The lowest BCUT2D eigenvalue weighted by Gasteiger charge is -2.11. The molecule has 1 N–H and O–H groups in total. The third-order valence-electron chi connectivity index (χ3n) is 2.92. The molecule has 0 saturated carbocycles. The van der Waals surface area contributed by atoms with Crippen molar-refractivity contribution in [2.45, 2.75) is 6.92 Å². The van der Waals surface area contributed by atoms with Crippen LogP contribution in [-0.4, -0.2) is 5.91 Å². The molecule has 0 aromatic heterocycles. The van der Waals surface area contributed by atoms with Gasteiger partial charge in [0, 0.05) is 11.3 Å². The smallest absolute Gasteiger partial charge is 0.256 e. The summed E-state index contributed by atoms with van der Waals surface area (Å²) in [5.41, 5.74) is 0.548. The molecule has 2 rings (SSSR count). The highest BCUT2D eigenvalue weighted by atomic mass is 79.9. The van der Waals surface area contributed by atoms with Crippen LogP contribution >= 0.6 is 15.9 Å². The van der Waals surface area contributed by atoms with Gasteiger partial charge in [0.05, 0.1) is 21.7 Å². The van der Waals surface area contributed by atoms with E-state index < -0.39 is 17.5 Å². The second-order valence-electron chi connectivity index (χ2n) is 4.30. The monoisotopic (exact) mass is 350 g/mol. The van der Waals surface area contributed by atoms with Crippen LogP contribution in [0.15, 0.2) is 34.8 Å². The Kier molecular flexibility index (Phi) is 4.34. The molecule has 21 heavy (non-hydrogen) atoms. The van der Waals surface area contributed by atoms with E-state index in [1.807, 2.05) is 6.07 Å². The molecule has 0 unspecified atom stereocenters. The molecule has 0 bridgehead atoms. The van der Waals surface area contributed by atoms with E-state index in [1.165, 1.54) is 31.2 Å². The third kappa shape index (κ3) is 3.09. The fourth-order valence-corrected chi connectivity index (χ4v) is 2.19. The predicted octanol–water partition coefficient (Wildman–Crippen LogP) is 4.16. The standard InChI is InChI=1S/C15H9BrF2N2O/c1-8-12(18)5-9(7-19)6-13(8)20-15(21)10-3-2-4-11(17)14(10)16/h2-6H,1H3,(H,20,21). The van der Waals surface area contributed by atoms with Gasteiger partial charge < -0.3 is 5.32 Å². The van der Waals surface area contributed by atoms with Crippen molar-refractivity contribution in [3.05, 3.63) is 63.1 Å². The Morgan fingerprint density at radius 2 is 2.00 bits per heavy atom. The summed E-state index contributed by atoms with van der Waals surface area (Å²) in [5, 5.41) is 11.3. The van der Waals surface area contributed by atoms with E-state index in [9.17, 15) is 13.6 Å². The number of carbonyl (C=O) groups excluding carboxylic acids is 1. The Bertz CT molecular complexity index is 769. The molecule has 0 aliphatic heterocycles. The molecule has 2 aromatic rings. The van der Waals surface area contributed by atoms with E-state index >= 15 is 0 Å². The molecule has 0 radical (unpaired) electrons. The Morgan fingerprint density at radius 1 is 1.29 bits per heavy atom. The van der Waals surface area contributed by atoms with Gasteiger partial charge in [0.25, 0.3) is 5.91 Å². The molecule has 3 nitrogen and oxygen atoms in total. The number of hydrogen-bond donors (Lipinski definition) is 1. The van der Waals surface area contributed by atoms with Gasteiger partial charge in [-0.3, -0.25) is 4.79 Å². The van der Waals surface area contributed by atoms with Crippen molar-refractivity contribution in [1.82, 2.24) is 0 Å². The number of rotatable bonds is 2. The van der Waals surface area contributed by atoms with Gasteiger partial charge in [-0.25, -0.2) is 8.78 Å². The summed E-state index contributed by atoms with van der Waals surface area (Å²) in [6.07, 6.45) is 0. The first kappa shape index (κ1) is 15.1. The molecule has 0 aliphatic rings. The van der Waals surface area contributed by atoms with E-state index in [0.29, 0.717) is 0 Å². The van der Waals surface area contributed by atoms with Crippen LogP contribution in [0.1, 0.15) is 21.5 Å². The molecule has 0 fully saturated rings. The molecule has 106 valence electrons. The van der Waals surface area contributed by atoms with Crippen molar-refractivity contribution in [3.63, 3.8) is 0 Å². The summed E-state index contributed by atoms with van der Waals surface area (Å²) in [7, 11) is 0. The summed E-state index contributed by atoms with van der Waals surface area (Å²) in [6, 6.07) is 8.30. The van der Waals surface area contributed by atoms with Gasteiger partial charge in [-0.15, -0.1) is 0 Å². The van der Waals surface area contributed by atoms with Crippen LogP contribution in [0.5, 0.6) is 0 Å². The Hall–Kier alpha value is -2.26. The van der Waals surface area contributed by atoms with E-state index in [-0.39, 0.29) is 26.9 Å². The number of hydrogen-bond acceptors (Lipinski definition) is 2. The van der Waals surface area contributed by atoms with Gasteiger partial charge in [0.2, 0.25) is 0 Å². The quantitative estimate of drug-likeness (QED) is 0.883. The maximum absolute atomic E-state index is 13.7. The number of anilines is 1. The fraction of sp³-hybridized carbons (Fsp3) is 0.0667. The highest BCUT2D eigenvalue weighted by molar-refractivity contribution is 9.10. The highest BCUT2D eigenvalue weighted by Crippen LogP contribution is 2.24. The minimum absolute atomic E-state index is 0.0251. The summed E-state index contributed by atoms with van der Waals surface area (Å²) < 4.78 is 27.1. The molecular formula is C15H9BrF2N2O. The van der Waals surface area contributed by atoms with Crippen molar-refractivity contribution in [2.75, 3.05) is 5.32 Å². The first-order valence-electron chi connectivity index (χ1n) is 5.89. The number of nitrogens with one attached hydrogen (secondary N) is 1. The normalized spacial score (nSPS) is 10.0. The number of halogens is 3. The van der Waals surface area contributed by atoms with Crippen molar-refractivity contribution in [2.24, 2.45) is 0 Å². The van der Waals surface area contributed by atoms with Crippen LogP contribution in [0.2, 0.25) is 0 Å². The number of nitriles is 1. The predicted molar refractivity (Wildman–Crippen MR) is 77.9 cm³/mol. The average Bonchev–Trinajstić information content (AvgIpc) is 2.46. The van der Waals surface area contributed by atoms with Gasteiger partial charge in [-0.2, -0.15) is 5.26 Å². The Labute approximate surface area is 128 Å². The van der Waals surface area contributed by atoms with E-state index in [2.05, 4.69) is 21.2 Å². The van der Waals surface area contributed by atoms with Crippen LogP contribution in [0.25, 0.3) is 0 Å². The molecular weight excluding hydrogens is 342 g/mol. The minimum atomic E-state index is -0.598. The molecule has 6 heteroatoms. The average molecular weight is 351 g/mol. The fourth-order valence-electron chi connectivity index (χ4n) is 1.74. The molecule has 2 aromatic carbocycles. The van der Waals surface area contributed by atoms with Crippen LogP contribution in [0.4, 0.5) is 14.5 Å². The summed E-state index contributed by atoms with van der Waals surface area (Å²) >= 11 is 2.99. The number of carbonyl (C=O) groups is 1. The van der Waals surface area contributed by atoms with Gasteiger partial charge in [0.1, 0.15) is 11.6 Å². The summed E-state index contributed by atoms with van der Waals surface area (Å²) in [6.45, 7) is 1.48. The van der Waals surface area contributed by atoms with Gasteiger partial charge in [-0.05, 0) is 47.1 Å². The molecule has 0 atom stereocenters. The second kappa shape index (κ2) is 6.02. The maximum atomic E-state index is 13.7. The lowest BCUT2D eigenvalue weighted by atomic mass is 10.1. The van der Waals surface area contributed by atoms with Crippen molar-refractivity contribution in [1.29, 1.82) is 5.26 Å². The van der Waals surface area contributed by atoms with Crippen molar-refractivity contribution < 1.29 is 13.6 Å². The van der Waals surface area contributed by atoms with Crippen molar-refractivity contribution >= 4 is 27.5 Å². The zero-order valence-electron chi connectivity index (χ0n) is 10.9. The van der Waals surface area contributed by atoms with Crippen LogP contribution in [0.3, 0.4) is 0 Å². The minimum Gasteiger partial charge on any atom is -0.322 e. The van der Waals surface area contributed by atoms with Crippen LogP contribution in [-0.2, 0) is 0 Å². The third-order valence-corrected chi connectivity index (χ3v) is 3.72. The largest absolute Gasteiger partial charge is 0.322 e. The molecule has 0 heterocycles. The number of benzene rings is 2. The molecule has 1 amide bonds. The van der Waals surface area contributed by atoms with E-state index in [4.69, 9.17) is 5.26 Å². The molecule has 0 aliphatic carbocycles. The topological polar surface area (TPSA) is 52.9 Å². The molecule has 0 saturated heterocycles. The summed E-state index contributed by atoms with van der Waals surface area (Å²) in [4.78, 5) is 12.1. The van der Waals surface area contributed by atoms with Crippen LogP contribution in [0, 0.1) is 29.9 Å². The molecule has 0 spiro atoms. The Morgan fingerprint density at radius 3 is 2.67 bits per heavy atom. The van der Waals surface area contributed by atoms with E-state index in [0.717, 1.165) is 6.07 Å². The maximum Gasteiger partial charge on any atom is 0.256 e. The Balaban J connectivity index is 2.39. The number of nitrogens with zero attached hydrogens (tertiary/aromatic N) is 1. The zero-order chi connectivity index (χ0) is 15.6. The van der Waals surface area contributed by atoms with Crippen molar-refractivity contribution in [3.8, 4) is 6.07 Å². The first-order chi connectivity index (χ1) is 9.93. The van der Waals surface area contributed by atoms with Crippen LogP contribution < -0.4 is 5.32 Å². The SMILES string of the molecule is Cc1c(F)cc(C#N)cc1NC(=O)c1cccc(F)c1Br. The zero-order valence-corrected chi connectivity index (χ0v) is 12.5. The van der Waals surface area contributed by atoms with E-state index in [1.54, 1.807) is 0 Å². The lowest BCUT2D eigenvalue weighted by molar-refractivity contribution is 0.102. The first-order valence-corrected chi connectivity index (χ1v) is 6.69.